The normalized spacial score (nSPS) is 18.0. The number of hydrogen-bond acceptors (Lipinski definition) is 5. The van der Waals surface area contributed by atoms with Crippen molar-refractivity contribution in [3.63, 3.8) is 0 Å². The van der Waals surface area contributed by atoms with Crippen molar-refractivity contribution in [3.05, 3.63) is 63.3 Å². The molecule has 2 aromatic rings. The highest BCUT2D eigenvalue weighted by Crippen LogP contribution is 2.39. The number of ether oxygens (including phenoxy) is 1. The van der Waals surface area contributed by atoms with Gasteiger partial charge in [0.05, 0.1) is 11.2 Å². The fourth-order valence-electron chi connectivity index (χ4n) is 2.85. The number of carbonyl (C=O) groups excluding carboxylic acids is 1. The molecule has 0 radical (unpaired) electrons. The third-order valence-corrected chi connectivity index (χ3v) is 6.39. The van der Waals surface area contributed by atoms with Gasteiger partial charge in [-0.3, -0.25) is 0 Å². The molecule has 1 amide bonds. The van der Waals surface area contributed by atoms with E-state index in [1.54, 1.807) is 11.3 Å². The molecule has 1 N–H and O–H groups in total. The molecule has 0 aliphatic carbocycles. The smallest absolute Gasteiger partial charge is 0.445 e. The zero-order valence-corrected chi connectivity index (χ0v) is 18.5. The average molecular weight is 413 g/mol. The first-order chi connectivity index (χ1) is 13.7. The van der Waals surface area contributed by atoms with Crippen LogP contribution >= 0.6 is 11.3 Å². The monoisotopic (exact) mass is 413 g/mol. The first kappa shape index (κ1) is 21.6. The molecular formula is C22H28BNO4S. The maximum absolute atomic E-state index is 12.2. The van der Waals surface area contributed by atoms with Gasteiger partial charge in [0.2, 0.25) is 0 Å². The standard InChI is InChI=1S/C22H28BNO4S/c1-16-11-12-29-19(16)13-18(23-27-21(2,3)22(4,5)28-23)14-24-20(25)26-15-17-9-7-6-8-10-17/h6-13H,14-15H2,1-5H3,(H,24,25). The van der Waals surface area contributed by atoms with Crippen LogP contribution in [0.1, 0.15) is 43.7 Å². The summed E-state index contributed by atoms with van der Waals surface area (Å²) in [6.07, 6.45) is 1.57. The number of amides is 1. The van der Waals surface area contributed by atoms with E-state index in [4.69, 9.17) is 14.0 Å². The Bertz CT molecular complexity index is 860. The Balaban J connectivity index is 1.68. The van der Waals surface area contributed by atoms with E-state index in [9.17, 15) is 4.79 Å². The van der Waals surface area contributed by atoms with E-state index in [0.29, 0.717) is 0 Å². The van der Waals surface area contributed by atoms with Crippen LogP contribution in [-0.2, 0) is 20.7 Å². The van der Waals surface area contributed by atoms with Crippen molar-refractivity contribution in [2.24, 2.45) is 0 Å². The fourth-order valence-corrected chi connectivity index (χ4v) is 3.74. The molecule has 154 valence electrons. The Morgan fingerprint density at radius 2 is 1.79 bits per heavy atom. The molecule has 5 nitrogen and oxygen atoms in total. The van der Waals surface area contributed by atoms with Crippen molar-refractivity contribution in [1.82, 2.24) is 5.32 Å². The van der Waals surface area contributed by atoms with E-state index in [1.807, 2.05) is 69.5 Å². The molecule has 0 unspecified atom stereocenters. The van der Waals surface area contributed by atoms with Gasteiger partial charge >= 0.3 is 13.2 Å². The summed E-state index contributed by atoms with van der Waals surface area (Å²) in [7, 11) is -0.532. The number of nitrogens with one attached hydrogen (secondary N) is 1. The van der Waals surface area contributed by atoms with Crippen LogP contribution in [-0.4, -0.2) is 31.0 Å². The predicted molar refractivity (Wildman–Crippen MR) is 118 cm³/mol. The summed E-state index contributed by atoms with van der Waals surface area (Å²) in [5.41, 5.74) is 2.07. The molecule has 29 heavy (non-hydrogen) atoms. The molecule has 7 heteroatoms. The van der Waals surface area contributed by atoms with Gasteiger partial charge in [-0.2, -0.15) is 0 Å². The molecule has 0 bridgehead atoms. The van der Waals surface area contributed by atoms with E-state index in [1.165, 1.54) is 5.56 Å². The van der Waals surface area contributed by atoms with Crippen LogP contribution in [0.4, 0.5) is 4.79 Å². The van der Waals surface area contributed by atoms with Gasteiger partial charge in [0.25, 0.3) is 0 Å². The number of hydrogen-bond donors (Lipinski definition) is 1. The summed E-state index contributed by atoms with van der Waals surface area (Å²) in [5.74, 6) is 0. The molecule has 1 aromatic carbocycles. The van der Waals surface area contributed by atoms with Crippen LogP contribution in [0.15, 0.2) is 47.3 Å². The molecule has 1 saturated heterocycles. The molecule has 2 heterocycles. The van der Waals surface area contributed by atoms with Crippen molar-refractivity contribution in [3.8, 4) is 0 Å². The highest BCUT2D eigenvalue weighted by Gasteiger charge is 2.52. The minimum Gasteiger partial charge on any atom is -0.445 e. The zero-order valence-electron chi connectivity index (χ0n) is 17.7. The van der Waals surface area contributed by atoms with Gasteiger partial charge in [0.1, 0.15) is 6.61 Å². The van der Waals surface area contributed by atoms with Gasteiger partial charge in [0.15, 0.2) is 0 Å². The molecule has 0 atom stereocenters. The second kappa shape index (κ2) is 8.73. The molecule has 1 aromatic heterocycles. The topological polar surface area (TPSA) is 56.8 Å². The minimum absolute atomic E-state index is 0.228. The van der Waals surface area contributed by atoms with Gasteiger partial charge in [-0.05, 0) is 68.7 Å². The van der Waals surface area contributed by atoms with Crippen LogP contribution in [0, 0.1) is 6.92 Å². The Morgan fingerprint density at radius 3 is 2.38 bits per heavy atom. The van der Waals surface area contributed by atoms with Crippen molar-refractivity contribution < 1.29 is 18.8 Å². The number of alkyl carbamates (subject to hydrolysis) is 1. The Hall–Kier alpha value is -2.09. The first-order valence-electron chi connectivity index (χ1n) is 9.73. The summed E-state index contributed by atoms with van der Waals surface area (Å²) in [5, 5.41) is 4.88. The van der Waals surface area contributed by atoms with Gasteiger partial charge in [0, 0.05) is 11.4 Å². The Morgan fingerprint density at radius 1 is 1.14 bits per heavy atom. The van der Waals surface area contributed by atoms with E-state index in [-0.39, 0.29) is 13.2 Å². The minimum atomic E-state index is -0.532. The molecule has 0 saturated carbocycles. The molecule has 1 fully saturated rings. The largest absolute Gasteiger partial charge is 0.492 e. The molecule has 3 rings (SSSR count). The van der Waals surface area contributed by atoms with Gasteiger partial charge in [-0.25, -0.2) is 4.79 Å². The maximum Gasteiger partial charge on any atom is 0.492 e. The van der Waals surface area contributed by atoms with E-state index < -0.39 is 24.4 Å². The fraction of sp³-hybridized carbons (Fsp3) is 0.409. The van der Waals surface area contributed by atoms with E-state index >= 15 is 0 Å². The lowest BCUT2D eigenvalue weighted by Crippen LogP contribution is -2.41. The lowest BCUT2D eigenvalue weighted by Gasteiger charge is -2.32. The van der Waals surface area contributed by atoms with Crippen molar-refractivity contribution in [2.75, 3.05) is 6.54 Å². The predicted octanol–water partition coefficient (Wildman–Crippen LogP) is 5.00. The summed E-state index contributed by atoms with van der Waals surface area (Å²) in [6, 6.07) is 11.7. The second-order valence-corrected chi connectivity index (χ2v) is 9.14. The summed E-state index contributed by atoms with van der Waals surface area (Å²) < 4.78 is 17.7. The highest BCUT2D eigenvalue weighted by atomic mass is 32.1. The molecule has 1 aliphatic rings. The molecule has 1 aliphatic heterocycles. The second-order valence-electron chi connectivity index (χ2n) is 8.19. The third kappa shape index (κ3) is 5.29. The highest BCUT2D eigenvalue weighted by molar-refractivity contribution is 7.11. The van der Waals surface area contributed by atoms with Crippen LogP contribution in [0.2, 0.25) is 0 Å². The van der Waals surface area contributed by atoms with Crippen molar-refractivity contribution in [1.29, 1.82) is 0 Å². The Labute approximate surface area is 177 Å². The average Bonchev–Trinajstić information content (AvgIpc) is 3.16. The Kier molecular flexibility index (Phi) is 6.51. The summed E-state index contributed by atoms with van der Waals surface area (Å²) in [6.45, 7) is 10.6. The van der Waals surface area contributed by atoms with Gasteiger partial charge in [-0.1, -0.05) is 30.3 Å². The van der Waals surface area contributed by atoms with E-state index in [2.05, 4.69) is 18.3 Å². The number of thiophene rings is 1. The van der Waals surface area contributed by atoms with Gasteiger partial charge < -0.3 is 19.4 Å². The van der Waals surface area contributed by atoms with Crippen LogP contribution < -0.4 is 5.32 Å². The molecule has 0 spiro atoms. The SMILES string of the molecule is Cc1ccsc1C=C(CNC(=O)OCc1ccccc1)B1OC(C)(C)C(C)(C)O1. The van der Waals surface area contributed by atoms with Crippen LogP contribution in [0.25, 0.3) is 6.08 Å². The zero-order chi connectivity index (χ0) is 21.1. The summed E-state index contributed by atoms with van der Waals surface area (Å²) in [4.78, 5) is 13.3. The molecular weight excluding hydrogens is 385 g/mol. The number of carbonyl (C=O) groups is 1. The van der Waals surface area contributed by atoms with Gasteiger partial charge in [-0.15, -0.1) is 11.3 Å². The summed E-state index contributed by atoms with van der Waals surface area (Å²) >= 11 is 1.65. The first-order valence-corrected chi connectivity index (χ1v) is 10.6. The lowest BCUT2D eigenvalue weighted by atomic mass is 9.77. The quantitative estimate of drug-likeness (QED) is 0.678. The number of aryl methyl sites for hydroxylation is 1. The third-order valence-electron chi connectivity index (χ3n) is 5.42. The van der Waals surface area contributed by atoms with E-state index in [0.717, 1.165) is 15.9 Å². The van der Waals surface area contributed by atoms with Crippen molar-refractivity contribution >= 4 is 30.6 Å². The maximum atomic E-state index is 12.2. The lowest BCUT2D eigenvalue weighted by molar-refractivity contribution is 0.00578. The van der Waals surface area contributed by atoms with Crippen LogP contribution in [0.5, 0.6) is 0 Å². The van der Waals surface area contributed by atoms with Crippen LogP contribution in [0.3, 0.4) is 0 Å². The number of rotatable bonds is 6. The number of benzene rings is 1. The van der Waals surface area contributed by atoms with Crippen molar-refractivity contribution in [2.45, 2.75) is 52.4 Å².